The number of allylic oxidation sites excluding steroid dienone is 2. The van der Waals surface area contributed by atoms with Gasteiger partial charge in [-0.3, -0.25) is 0 Å². The Morgan fingerprint density at radius 2 is 1.29 bits per heavy atom. The fourth-order valence-electron chi connectivity index (χ4n) is 6.44. The molecule has 0 N–H and O–H groups in total. The molecule has 4 heterocycles. The Kier molecular flexibility index (Phi) is 5.55. The minimum absolute atomic E-state index is 1.02. The Balaban J connectivity index is 1.41. The predicted molar refractivity (Wildman–Crippen MR) is 157 cm³/mol. The second kappa shape index (κ2) is 9.22. The van der Waals surface area contributed by atoms with E-state index in [0.717, 1.165) is 25.9 Å². The number of hydrogen-bond acceptors (Lipinski definition) is 0. The first-order chi connectivity index (χ1) is 18.7. The van der Waals surface area contributed by atoms with Gasteiger partial charge in [0.05, 0.1) is 16.5 Å². The van der Waals surface area contributed by atoms with Crippen LogP contribution in [0.3, 0.4) is 0 Å². The topological polar surface area (TPSA) is 7.76 Å². The molecular weight excluding hydrogens is 460 g/mol. The zero-order valence-corrected chi connectivity index (χ0v) is 22.1. The van der Waals surface area contributed by atoms with Crippen molar-refractivity contribution in [1.82, 2.24) is 0 Å². The highest BCUT2D eigenvalue weighted by molar-refractivity contribution is 5.99. The molecule has 0 atom stereocenters. The molecule has 2 aliphatic rings. The lowest BCUT2D eigenvalue weighted by Crippen LogP contribution is -2.43. The minimum Gasteiger partial charge on any atom is -0.198 e. The first-order valence-electron chi connectivity index (χ1n) is 13.7. The maximum atomic E-state index is 2.48. The Hall–Kier alpha value is -4.30. The molecule has 2 aromatic heterocycles. The molecular formula is C36H32N2+2. The minimum atomic E-state index is 1.02. The van der Waals surface area contributed by atoms with Crippen molar-refractivity contribution in [3.63, 3.8) is 0 Å². The fourth-order valence-corrected chi connectivity index (χ4v) is 6.44. The third-order valence-corrected chi connectivity index (χ3v) is 8.50. The molecule has 184 valence electrons. The zero-order chi connectivity index (χ0) is 25.6. The van der Waals surface area contributed by atoms with Gasteiger partial charge in [0.25, 0.3) is 0 Å². The number of aromatic nitrogens is 2. The summed E-state index contributed by atoms with van der Waals surface area (Å²) in [5, 5.41) is 2.66. The standard InChI is InChI=1S/C36H32N2/c1-25-26(2)31-19-23-38-21-17-29-14-8-9-15-32(29)36(38)35(31)34-30(25)18-22-37-20-16-28(24-33(34)37)13-7-6-12-27-10-4-3-5-11-27/h3-17,20-21,24H,18-19,22-23H2,1-2H3/q+2/b12-6+,13-7+. The van der Waals surface area contributed by atoms with Crippen LogP contribution in [0.25, 0.3) is 45.4 Å². The van der Waals surface area contributed by atoms with Crippen molar-refractivity contribution in [3.05, 3.63) is 131 Å². The van der Waals surface area contributed by atoms with Crippen LogP contribution in [-0.2, 0) is 25.9 Å². The highest BCUT2D eigenvalue weighted by atomic mass is 15.0. The fraction of sp³-hybridized carbons (Fsp3) is 0.167. The molecule has 0 bridgehead atoms. The van der Waals surface area contributed by atoms with Crippen molar-refractivity contribution in [2.24, 2.45) is 0 Å². The first kappa shape index (κ1) is 22.9. The van der Waals surface area contributed by atoms with Crippen LogP contribution in [0.4, 0.5) is 0 Å². The van der Waals surface area contributed by atoms with Gasteiger partial charge >= 0.3 is 0 Å². The summed E-state index contributed by atoms with van der Waals surface area (Å²) in [6.07, 6.45) is 15.4. The van der Waals surface area contributed by atoms with Gasteiger partial charge < -0.3 is 0 Å². The second-order valence-corrected chi connectivity index (χ2v) is 10.6. The molecule has 2 heteroatoms. The van der Waals surface area contributed by atoms with Crippen molar-refractivity contribution in [2.75, 3.05) is 0 Å². The monoisotopic (exact) mass is 492 g/mol. The number of benzene rings is 3. The summed E-state index contributed by atoms with van der Waals surface area (Å²) in [4.78, 5) is 0. The van der Waals surface area contributed by atoms with Gasteiger partial charge in [-0.15, -0.1) is 0 Å². The van der Waals surface area contributed by atoms with Crippen LogP contribution < -0.4 is 9.13 Å². The van der Waals surface area contributed by atoms with Crippen molar-refractivity contribution < 1.29 is 9.13 Å². The van der Waals surface area contributed by atoms with Crippen LogP contribution >= 0.6 is 0 Å². The summed E-state index contributed by atoms with van der Waals surface area (Å²) in [7, 11) is 0. The molecule has 0 radical (unpaired) electrons. The van der Waals surface area contributed by atoms with E-state index in [2.05, 4.69) is 132 Å². The molecule has 38 heavy (non-hydrogen) atoms. The lowest BCUT2D eigenvalue weighted by Gasteiger charge is -2.27. The van der Waals surface area contributed by atoms with Gasteiger partial charge in [-0.2, -0.15) is 9.13 Å². The van der Waals surface area contributed by atoms with E-state index in [9.17, 15) is 0 Å². The maximum Gasteiger partial charge on any atom is 0.221 e. The molecule has 3 aromatic carbocycles. The summed E-state index contributed by atoms with van der Waals surface area (Å²) in [5.41, 5.74) is 14.1. The van der Waals surface area contributed by atoms with Gasteiger partial charge in [0.15, 0.2) is 25.5 Å². The molecule has 0 saturated carbocycles. The first-order valence-corrected chi connectivity index (χ1v) is 13.7. The van der Waals surface area contributed by atoms with Crippen LogP contribution in [-0.4, -0.2) is 0 Å². The molecule has 0 aliphatic carbocycles. The predicted octanol–water partition coefficient (Wildman–Crippen LogP) is 7.20. The van der Waals surface area contributed by atoms with Gasteiger partial charge in [0.2, 0.25) is 11.4 Å². The molecule has 2 aliphatic heterocycles. The van der Waals surface area contributed by atoms with Gasteiger partial charge in [0, 0.05) is 31.0 Å². The van der Waals surface area contributed by atoms with Gasteiger partial charge in [-0.05, 0) is 58.7 Å². The Morgan fingerprint density at radius 3 is 2.11 bits per heavy atom. The summed E-state index contributed by atoms with van der Waals surface area (Å²) in [6.45, 7) is 6.74. The highest BCUT2D eigenvalue weighted by Crippen LogP contribution is 2.44. The van der Waals surface area contributed by atoms with E-state index >= 15 is 0 Å². The molecule has 2 nitrogen and oxygen atoms in total. The number of aryl methyl sites for hydroxylation is 2. The number of fused-ring (bicyclic) bond motifs is 9. The summed E-state index contributed by atoms with van der Waals surface area (Å²) < 4.78 is 4.94. The average Bonchev–Trinajstić information content (AvgIpc) is 2.97. The van der Waals surface area contributed by atoms with E-state index in [1.165, 1.54) is 66.7 Å². The molecule has 5 aromatic rings. The quantitative estimate of drug-likeness (QED) is 0.186. The lowest BCUT2D eigenvalue weighted by molar-refractivity contribution is -0.689. The van der Waals surface area contributed by atoms with Crippen LogP contribution in [0.5, 0.6) is 0 Å². The van der Waals surface area contributed by atoms with Crippen LogP contribution in [0.2, 0.25) is 0 Å². The average molecular weight is 493 g/mol. The molecule has 7 rings (SSSR count). The molecule has 0 fully saturated rings. The Morgan fingerprint density at radius 1 is 0.632 bits per heavy atom. The summed E-state index contributed by atoms with van der Waals surface area (Å²) in [5.74, 6) is 0. The number of nitrogens with zero attached hydrogens (tertiary/aromatic N) is 2. The van der Waals surface area contributed by atoms with E-state index in [-0.39, 0.29) is 0 Å². The smallest absolute Gasteiger partial charge is 0.198 e. The lowest BCUT2D eigenvalue weighted by atomic mass is 9.79. The zero-order valence-electron chi connectivity index (χ0n) is 22.1. The Labute approximate surface area is 224 Å². The highest BCUT2D eigenvalue weighted by Gasteiger charge is 2.37. The van der Waals surface area contributed by atoms with Crippen LogP contribution in [0.15, 0.2) is 97.3 Å². The van der Waals surface area contributed by atoms with Crippen molar-refractivity contribution in [1.29, 1.82) is 0 Å². The van der Waals surface area contributed by atoms with E-state index < -0.39 is 0 Å². The van der Waals surface area contributed by atoms with Crippen molar-refractivity contribution >= 4 is 22.9 Å². The van der Waals surface area contributed by atoms with E-state index in [4.69, 9.17) is 0 Å². The Bertz CT molecular complexity index is 1770. The van der Waals surface area contributed by atoms with Gasteiger partial charge in [-0.25, -0.2) is 0 Å². The molecule has 0 saturated heterocycles. The SMILES string of the molecule is Cc1c(C)c2c(c3c1CC[n+]1ccc(/C=C/C=C/c4ccccc4)cc1-3)-c1c3ccccc3cc[n+]1CC2. The maximum absolute atomic E-state index is 2.48. The summed E-state index contributed by atoms with van der Waals surface area (Å²) in [6, 6.07) is 26.2. The number of hydrogen-bond donors (Lipinski definition) is 0. The number of pyridine rings is 2. The van der Waals surface area contributed by atoms with Crippen molar-refractivity contribution in [2.45, 2.75) is 39.8 Å². The molecule has 0 amide bonds. The largest absolute Gasteiger partial charge is 0.221 e. The van der Waals surface area contributed by atoms with E-state index in [1.54, 1.807) is 0 Å². The molecule has 0 spiro atoms. The third kappa shape index (κ3) is 3.71. The summed E-state index contributed by atoms with van der Waals surface area (Å²) >= 11 is 0. The van der Waals surface area contributed by atoms with Crippen LogP contribution in [0.1, 0.15) is 33.4 Å². The van der Waals surface area contributed by atoms with Gasteiger partial charge in [-0.1, -0.05) is 72.8 Å². The van der Waals surface area contributed by atoms with Crippen molar-refractivity contribution in [3.8, 4) is 22.5 Å². The molecule has 0 unspecified atom stereocenters. The van der Waals surface area contributed by atoms with E-state index in [0.29, 0.717) is 0 Å². The van der Waals surface area contributed by atoms with E-state index in [1.807, 2.05) is 0 Å². The third-order valence-electron chi connectivity index (χ3n) is 8.50. The van der Waals surface area contributed by atoms with Crippen LogP contribution in [0, 0.1) is 13.8 Å². The normalized spacial score (nSPS) is 13.9. The number of rotatable bonds is 3. The second-order valence-electron chi connectivity index (χ2n) is 10.6. The van der Waals surface area contributed by atoms with Gasteiger partial charge in [0.1, 0.15) is 0 Å².